The van der Waals surface area contributed by atoms with Gasteiger partial charge < -0.3 is 9.84 Å². The van der Waals surface area contributed by atoms with Crippen LogP contribution >= 0.6 is 0 Å². The number of carbonyl (C=O) groups is 1. The van der Waals surface area contributed by atoms with Crippen molar-refractivity contribution < 1.29 is 9.32 Å². The Morgan fingerprint density at radius 3 is 2.83 bits per heavy atom. The zero-order valence-corrected chi connectivity index (χ0v) is 12.7. The molecule has 3 aromatic heterocycles. The molecule has 1 atom stereocenters. The van der Waals surface area contributed by atoms with Crippen molar-refractivity contribution in [1.29, 1.82) is 5.26 Å². The normalized spacial score (nSPS) is 11.5. The van der Waals surface area contributed by atoms with E-state index < -0.39 is 6.04 Å². The SMILES string of the molecule is C[C@H](NC(=O)c1ccc(C#N)nc1)c1nc(-c2ccccn2)no1. The summed E-state index contributed by atoms with van der Waals surface area (Å²) in [7, 11) is 0. The smallest absolute Gasteiger partial charge is 0.253 e. The second-order valence-electron chi connectivity index (χ2n) is 4.91. The Hall–Kier alpha value is -3.60. The summed E-state index contributed by atoms with van der Waals surface area (Å²) in [6.07, 6.45) is 2.97. The molecule has 0 aromatic carbocycles. The molecule has 8 heteroatoms. The van der Waals surface area contributed by atoms with E-state index in [1.807, 2.05) is 12.1 Å². The van der Waals surface area contributed by atoms with Crippen LogP contribution in [-0.2, 0) is 0 Å². The number of nitrogens with one attached hydrogen (secondary N) is 1. The van der Waals surface area contributed by atoms with Crippen LogP contribution in [0.5, 0.6) is 0 Å². The minimum atomic E-state index is -0.488. The summed E-state index contributed by atoms with van der Waals surface area (Å²) < 4.78 is 5.18. The van der Waals surface area contributed by atoms with Crippen LogP contribution < -0.4 is 5.32 Å². The lowest BCUT2D eigenvalue weighted by atomic mass is 10.2. The Morgan fingerprint density at radius 2 is 2.17 bits per heavy atom. The van der Waals surface area contributed by atoms with E-state index in [9.17, 15) is 4.79 Å². The largest absolute Gasteiger partial charge is 0.340 e. The summed E-state index contributed by atoms with van der Waals surface area (Å²) >= 11 is 0. The molecule has 0 saturated carbocycles. The molecule has 3 rings (SSSR count). The molecule has 118 valence electrons. The van der Waals surface area contributed by atoms with Crippen molar-refractivity contribution in [1.82, 2.24) is 25.4 Å². The second-order valence-corrected chi connectivity index (χ2v) is 4.91. The molecule has 3 heterocycles. The number of amides is 1. The van der Waals surface area contributed by atoms with Gasteiger partial charge in [-0.25, -0.2) is 4.98 Å². The standard InChI is InChI=1S/C16H12N6O2/c1-10(20-15(23)11-5-6-12(8-17)19-9-11)16-21-14(22-24-16)13-4-2-3-7-18-13/h2-7,9-10H,1H3,(H,20,23)/t10-/m0/s1. The van der Waals surface area contributed by atoms with E-state index in [-0.39, 0.29) is 17.5 Å². The van der Waals surface area contributed by atoms with Crippen LogP contribution in [-0.4, -0.2) is 26.0 Å². The van der Waals surface area contributed by atoms with Gasteiger partial charge in [0.25, 0.3) is 5.91 Å². The molecule has 0 aliphatic rings. The molecule has 0 unspecified atom stereocenters. The highest BCUT2D eigenvalue weighted by atomic mass is 16.5. The molecule has 0 aliphatic carbocycles. The van der Waals surface area contributed by atoms with Gasteiger partial charge in [-0.3, -0.25) is 9.78 Å². The van der Waals surface area contributed by atoms with Crippen LogP contribution in [0.3, 0.4) is 0 Å². The molecule has 0 radical (unpaired) electrons. The van der Waals surface area contributed by atoms with Gasteiger partial charge in [0.2, 0.25) is 11.7 Å². The van der Waals surface area contributed by atoms with Crippen molar-refractivity contribution in [3.63, 3.8) is 0 Å². The molecule has 1 amide bonds. The van der Waals surface area contributed by atoms with E-state index in [4.69, 9.17) is 9.78 Å². The van der Waals surface area contributed by atoms with Crippen molar-refractivity contribution in [3.8, 4) is 17.6 Å². The number of nitrogens with zero attached hydrogens (tertiary/aromatic N) is 5. The first kappa shape index (κ1) is 15.3. The van der Waals surface area contributed by atoms with Gasteiger partial charge in [0.15, 0.2) is 0 Å². The molecule has 0 fully saturated rings. The van der Waals surface area contributed by atoms with Crippen LogP contribution in [0.4, 0.5) is 0 Å². The molecule has 0 aliphatic heterocycles. The molecule has 0 saturated heterocycles. The Morgan fingerprint density at radius 1 is 1.29 bits per heavy atom. The van der Waals surface area contributed by atoms with Crippen LogP contribution in [0, 0.1) is 11.3 Å². The van der Waals surface area contributed by atoms with Crippen molar-refractivity contribution in [2.24, 2.45) is 0 Å². The fourth-order valence-corrected chi connectivity index (χ4v) is 1.95. The van der Waals surface area contributed by atoms with Crippen molar-refractivity contribution in [2.75, 3.05) is 0 Å². The van der Waals surface area contributed by atoms with E-state index >= 15 is 0 Å². The lowest BCUT2D eigenvalue weighted by Crippen LogP contribution is -2.27. The minimum Gasteiger partial charge on any atom is -0.340 e. The molecule has 8 nitrogen and oxygen atoms in total. The van der Waals surface area contributed by atoms with Gasteiger partial charge in [0.05, 0.1) is 5.56 Å². The number of aromatic nitrogens is 4. The van der Waals surface area contributed by atoms with Crippen LogP contribution in [0.15, 0.2) is 47.2 Å². The van der Waals surface area contributed by atoms with E-state index in [2.05, 4.69) is 25.4 Å². The molecular formula is C16H12N6O2. The van der Waals surface area contributed by atoms with Gasteiger partial charge in [0, 0.05) is 12.4 Å². The molecule has 0 spiro atoms. The number of nitriles is 1. The molecule has 1 N–H and O–H groups in total. The van der Waals surface area contributed by atoms with E-state index in [1.165, 1.54) is 18.3 Å². The van der Waals surface area contributed by atoms with E-state index in [1.54, 1.807) is 25.3 Å². The Kier molecular flexibility index (Phi) is 4.25. The Bertz CT molecular complexity index is 883. The van der Waals surface area contributed by atoms with Gasteiger partial charge in [-0.2, -0.15) is 10.2 Å². The lowest BCUT2D eigenvalue weighted by molar-refractivity contribution is 0.0932. The number of pyridine rings is 2. The van der Waals surface area contributed by atoms with Crippen LogP contribution in [0.2, 0.25) is 0 Å². The van der Waals surface area contributed by atoms with Gasteiger partial charge in [0.1, 0.15) is 23.5 Å². The maximum atomic E-state index is 12.2. The first-order valence-corrected chi connectivity index (χ1v) is 7.09. The molecule has 3 aromatic rings. The van der Waals surface area contributed by atoms with E-state index in [0.717, 1.165) is 0 Å². The highest BCUT2D eigenvalue weighted by molar-refractivity contribution is 5.94. The summed E-state index contributed by atoms with van der Waals surface area (Å²) in [5, 5.41) is 15.3. The Labute approximate surface area is 137 Å². The van der Waals surface area contributed by atoms with E-state index in [0.29, 0.717) is 17.1 Å². The predicted octanol–water partition coefficient (Wildman–Crippen LogP) is 1.89. The van der Waals surface area contributed by atoms with Gasteiger partial charge >= 0.3 is 0 Å². The highest BCUT2D eigenvalue weighted by Gasteiger charge is 2.18. The first-order chi connectivity index (χ1) is 11.7. The number of carbonyl (C=O) groups excluding carboxylic acids is 1. The second kappa shape index (κ2) is 6.66. The molecule has 0 bridgehead atoms. The fourth-order valence-electron chi connectivity index (χ4n) is 1.95. The number of hydrogen-bond acceptors (Lipinski definition) is 7. The van der Waals surface area contributed by atoms with Crippen molar-refractivity contribution in [3.05, 3.63) is 59.9 Å². The van der Waals surface area contributed by atoms with Crippen molar-refractivity contribution >= 4 is 5.91 Å². The van der Waals surface area contributed by atoms with Gasteiger partial charge in [-0.05, 0) is 31.2 Å². The number of hydrogen-bond donors (Lipinski definition) is 1. The lowest BCUT2D eigenvalue weighted by Gasteiger charge is -2.09. The summed E-state index contributed by atoms with van der Waals surface area (Å²) in [5.74, 6) is 0.273. The maximum absolute atomic E-state index is 12.2. The predicted molar refractivity (Wildman–Crippen MR) is 82.4 cm³/mol. The van der Waals surface area contributed by atoms with Crippen molar-refractivity contribution in [2.45, 2.75) is 13.0 Å². The molecular weight excluding hydrogens is 308 g/mol. The molecule has 24 heavy (non-hydrogen) atoms. The summed E-state index contributed by atoms with van der Waals surface area (Å²) in [6, 6.07) is 9.79. The fraction of sp³-hybridized carbons (Fsp3) is 0.125. The summed E-state index contributed by atoms with van der Waals surface area (Å²) in [6.45, 7) is 1.73. The maximum Gasteiger partial charge on any atom is 0.253 e. The van der Waals surface area contributed by atoms with Crippen LogP contribution in [0.25, 0.3) is 11.5 Å². The van der Waals surface area contributed by atoms with Gasteiger partial charge in [-0.15, -0.1) is 0 Å². The average Bonchev–Trinajstić information content (AvgIpc) is 3.13. The third-order valence-corrected chi connectivity index (χ3v) is 3.19. The summed E-state index contributed by atoms with van der Waals surface area (Å²) in [4.78, 5) is 24.4. The third kappa shape index (κ3) is 3.25. The summed E-state index contributed by atoms with van der Waals surface area (Å²) in [5.41, 5.74) is 1.17. The highest BCUT2D eigenvalue weighted by Crippen LogP contribution is 2.16. The number of rotatable bonds is 4. The van der Waals surface area contributed by atoms with Crippen LogP contribution in [0.1, 0.15) is 34.9 Å². The first-order valence-electron chi connectivity index (χ1n) is 7.09. The zero-order chi connectivity index (χ0) is 16.9. The minimum absolute atomic E-state index is 0.247. The third-order valence-electron chi connectivity index (χ3n) is 3.19. The average molecular weight is 320 g/mol. The topological polar surface area (TPSA) is 118 Å². The monoisotopic (exact) mass is 320 g/mol. The van der Waals surface area contributed by atoms with Gasteiger partial charge in [-0.1, -0.05) is 11.2 Å². The zero-order valence-electron chi connectivity index (χ0n) is 12.7. The quantitative estimate of drug-likeness (QED) is 0.779. The Balaban J connectivity index is 1.70.